The number of hydrogen-bond donors (Lipinski definition) is 0. The molecule has 2 heteroatoms. The van der Waals surface area contributed by atoms with E-state index in [1.165, 1.54) is 0 Å². The summed E-state index contributed by atoms with van der Waals surface area (Å²) in [5.41, 5.74) is 0.558. The standard InChI is InChI=1S/C12H8F2/c13-12(14)8-10-6-3-5-9-4-1-2-7-11(9)10/h1-8H. The van der Waals surface area contributed by atoms with Gasteiger partial charge in [-0.25, -0.2) is 0 Å². The first-order valence-corrected chi connectivity index (χ1v) is 4.28. The van der Waals surface area contributed by atoms with E-state index in [9.17, 15) is 8.78 Å². The summed E-state index contributed by atoms with van der Waals surface area (Å²) in [5, 5.41) is 1.82. The van der Waals surface area contributed by atoms with E-state index in [1.807, 2.05) is 30.3 Å². The number of rotatable bonds is 1. The third kappa shape index (κ3) is 1.64. The van der Waals surface area contributed by atoms with Crippen molar-refractivity contribution in [3.8, 4) is 0 Å². The van der Waals surface area contributed by atoms with Crippen LogP contribution in [0.25, 0.3) is 16.8 Å². The average Bonchev–Trinajstić information content (AvgIpc) is 2.18. The quantitative estimate of drug-likeness (QED) is 0.635. The van der Waals surface area contributed by atoms with Gasteiger partial charge in [0.25, 0.3) is 6.08 Å². The predicted molar refractivity (Wildman–Crippen MR) is 54.1 cm³/mol. The number of benzene rings is 2. The highest BCUT2D eigenvalue weighted by molar-refractivity contribution is 5.90. The summed E-state index contributed by atoms with van der Waals surface area (Å²) < 4.78 is 24.2. The fourth-order valence-corrected chi connectivity index (χ4v) is 1.49. The molecule has 0 radical (unpaired) electrons. The van der Waals surface area contributed by atoms with Gasteiger partial charge in [0.1, 0.15) is 0 Å². The van der Waals surface area contributed by atoms with Gasteiger partial charge in [0, 0.05) is 6.08 Å². The molecule has 0 aliphatic heterocycles. The van der Waals surface area contributed by atoms with Gasteiger partial charge >= 0.3 is 0 Å². The summed E-state index contributed by atoms with van der Waals surface area (Å²) in [6.45, 7) is 0. The van der Waals surface area contributed by atoms with E-state index >= 15 is 0 Å². The zero-order valence-corrected chi connectivity index (χ0v) is 7.37. The first kappa shape index (κ1) is 8.88. The second-order valence-corrected chi connectivity index (χ2v) is 3.00. The van der Waals surface area contributed by atoms with Gasteiger partial charge in [0.15, 0.2) is 0 Å². The average molecular weight is 190 g/mol. The lowest BCUT2D eigenvalue weighted by Gasteiger charge is -2.00. The Morgan fingerprint density at radius 3 is 2.43 bits per heavy atom. The van der Waals surface area contributed by atoms with Gasteiger partial charge in [-0.05, 0) is 16.3 Å². The largest absolute Gasteiger partial charge is 0.270 e. The number of halogens is 2. The summed E-state index contributed by atoms with van der Waals surface area (Å²) in [6.07, 6.45) is -0.774. The summed E-state index contributed by atoms with van der Waals surface area (Å²) in [4.78, 5) is 0. The third-order valence-electron chi connectivity index (χ3n) is 2.09. The molecule has 0 N–H and O–H groups in total. The van der Waals surface area contributed by atoms with Gasteiger partial charge in [-0.1, -0.05) is 42.5 Å². The van der Waals surface area contributed by atoms with Gasteiger partial charge in [-0.2, -0.15) is 8.78 Å². The summed E-state index contributed by atoms with van der Waals surface area (Å²) in [5.74, 6) is 0. The van der Waals surface area contributed by atoms with E-state index in [-0.39, 0.29) is 0 Å². The van der Waals surface area contributed by atoms with Crippen molar-refractivity contribution < 1.29 is 8.78 Å². The van der Waals surface area contributed by atoms with E-state index in [0.29, 0.717) is 5.56 Å². The van der Waals surface area contributed by atoms with Crippen LogP contribution in [0, 0.1) is 0 Å². The van der Waals surface area contributed by atoms with Crippen LogP contribution in [0.1, 0.15) is 5.56 Å². The normalized spacial score (nSPS) is 10.1. The molecule has 0 amide bonds. The van der Waals surface area contributed by atoms with Gasteiger partial charge in [-0.15, -0.1) is 0 Å². The van der Waals surface area contributed by atoms with Crippen molar-refractivity contribution in [3.05, 3.63) is 54.1 Å². The van der Waals surface area contributed by atoms with E-state index in [2.05, 4.69) is 0 Å². The van der Waals surface area contributed by atoms with Crippen molar-refractivity contribution in [3.63, 3.8) is 0 Å². The van der Waals surface area contributed by atoms with Crippen molar-refractivity contribution in [1.82, 2.24) is 0 Å². The molecule has 70 valence electrons. The topological polar surface area (TPSA) is 0 Å². The van der Waals surface area contributed by atoms with Crippen molar-refractivity contribution in [1.29, 1.82) is 0 Å². The Morgan fingerprint density at radius 2 is 1.64 bits per heavy atom. The zero-order chi connectivity index (χ0) is 9.97. The van der Waals surface area contributed by atoms with Crippen LogP contribution in [-0.2, 0) is 0 Å². The highest BCUT2D eigenvalue weighted by Crippen LogP contribution is 2.21. The number of fused-ring (bicyclic) bond motifs is 1. The zero-order valence-electron chi connectivity index (χ0n) is 7.37. The third-order valence-corrected chi connectivity index (χ3v) is 2.09. The fraction of sp³-hybridized carbons (Fsp3) is 0. The minimum absolute atomic E-state index is 0.558. The highest BCUT2D eigenvalue weighted by atomic mass is 19.3. The van der Waals surface area contributed by atoms with Crippen LogP contribution >= 0.6 is 0 Å². The van der Waals surface area contributed by atoms with Crippen molar-refractivity contribution in [2.24, 2.45) is 0 Å². The maximum atomic E-state index is 12.1. The lowest BCUT2D eigenvalue weighted by Crippen LogP contribution is -1.77. The highest BCUT2D eigenvalue weighted by Gasteiger charge is 1.98. The van der Waals surface area contributed by atoms with Gasteiger partial charge in [0.2, 0.25) is 0 Å². The van der Waals surface area contributed by atoms with Crippen molar-refractivity contribution in [2.45, 2.75) is 0 Å². The predicted octanol–water partition coefficient (Wildman–Crippen LogP) is 4.08. The Morgan fingerprint density at radius 1 is 0.929 bits per heavy atom. The molecule has 0 aliphatic rings. The molecular formula is C12H8F2. The van der Waals surface area contributed by atoms with Crippen LogP contribution < -0.4 is 0 Å². The van der Waals surface area contributed by atoms with Crippen LogP contribution in [0.5, 0.6) is 0 Å². The Hall–Kier alpha value is -1.70. The second kappa shape index (κ2) is 3.58. The molecule has 2 aromatic carbocycles. The van der Waals surface area contributed by atoms with Gasteiger partial charge < -0.3 is 0 Å². The van der Waals surface area contributed by atoms with Crippen LogP contribution in [0.15, 0.2) is 48.5 Å². The minimum atomic E-state index is -1.67. The van der Waals surface area contributed by atoms with Crippen LogP contribution in [0.4, 0.5) is 8.78 Å². The minimum Gasteiger partial charge on any atom is -0.173 e. The Kier molecular flexibility index (Phi) is 2.27. The summed E-state index contributed by atoms with van der Waals surface area (Å²) in [6, 6.07) is 12.8. The van der Waals surface area contributed by atoms with Crippen molar-refractivity contribution in [2.75, 3.05) is 0 Å². The molecule has 0 aliphatic carbocycles. The van der Waals surface area contributed by atoms with E-state index in [1.54, 1.807) is 12.1 Å². The summed E-state index contributed by atoms with van der Waals surface area (Å²) >= 11 is 0. The molecular weight excluding hydrogens is 182 g/mol. The Bertz CT molecular complexity index is 477. The molecule has 2 rings (SSSR count). The van der Waals surface area contributed by atoms with Crippen LogP contribution in [0.3, 0.4) is 0 Å². The molecule has 2 aromatic rings. The molecule has 0 atom stereocenters. The smallest absolute Gasteiger partial charge is 0.173 e. The SMILES string of the molecule is FC(F)=Cc1cccc2ccccc12. The van der Waals surface area contributed by atoms with E-state index in [0.717, 1.165) is 16.8 Å². The molecule has 0 heterocycles. The lowest BCUT2D eigenvalue weighted by atomic mass is 10.0. The maximum Gasteiger partial charge on any atom is 0.270 e. The van der Waals surface area contributed by atoms with Crippen LogP contribution in [-0.4, -0.2) is 0 Å². The molecule has 0 aromatic heterocycles. The Balaban J connectivity index is 2.71. The molecule has 0 saturated heterocycles. The second-order valence-electron chi connectivity index (χ2n) is 3.00. The Labute approximate surface area is 80.5 Å². The summed E-state index contributed by atoms with van der Waals surface area (Å²) in [7, 11) is 0. The number of hydrogen-bond acceptors (Lipinski definition) is 0. The van der Waals surface area contributed by atoms with E-state index in [4.69, 9.17) is 0 Å². The van der Waals surface area contributed by atoms with Gasteiger partial charge in [-0.3, -0.25) is 0 Å². The molecule has 14 heavy (non-hydrogen) atoms. The van der Waals surface area contributed by atoms with E-state index < -0.39 is 6.08 Å². The van der Waals surface area contributed by atoms with Crippen LogP contribution in [0.2, 0.25) is 0 Å². The molecule has 0 spiro atoms. The first-order chi connectivity index (χ1) is 6.77. The van der Waals surface area contributed by atoms with Gasteiger partial charge in [0.05, 0.1) is 0 Å². The molecule has 0 nitrogen and oxygen atoms in total. The molecule has 0 bridgehead atoms. The maximum absolute atomic E-state index is 12.1. The molecule has 0 unspecified atom stereocenters. The molecule has 0 fully saturated rings. The monoisotopic (exact) mass is 190 g/mol. The lowest BCUT2D eigenvalue weighted by molar-refractivity contribution is 0.429. The fourth-order valence-electron chi connectivity index (χ4n) is 1.49. The molecule has 0 saturated carbocycles. The van der Waals surface area contributed by atoms with Crippen molar-refractivity contribution >= 4 is 16.8 Å². The first-order valence-electron chi connectivity index (χ1n) is 4.28.